The van der Waals surface area contributed by atoms with Crippen molar-refractivity contribution < 1.29 is 9.53 Å². The Kier molecular flexibility index (Phi) is 5.66. The van der Waals surface area contributed by atoms with Crippen LogP contribution in [0.1, 0.15) is 10.4 Å². The van der Waals surface area contributed by atoms with Gasteiger partial charge in [-0.05, 0) is 37.1 Å². The summed E-state index contributed by atoms with van der Waals surface area (Å²) in [5, 5.41) is 5.01. The Morgan fingerprint density at radius 3 is 3.04 bits per heavy atom. The van der Waals surface area contributed by atoms with Crippen LogP contribution in [0.5, 0.6) is 0 Å². The number of carbonyl (C=O) groups excluding carboxylic acids is 1. The average molecular weight is 401 g/mol. The molecule has 4 heterocycles. The van der Waals surface area contributed by atoms with E-state index < -0.39 is 0 Å². The first kappa shape index (κ1) is 18.3. The van der Waals surface area contributed by atoms with Gasteiger partial charge in [-0.15, -0.1) is 11.3 Å². The van der Waals surface area contributed by atoms with E-state index in [-0.39, 0.29) is 17.9 Å². The summed E-state index contributed by atoms with van der Waals surface area (Å²) in [6.07, 6.45) is 6.03. The number of fused-ring (bicyclic) bond motifs is 1. The molecule has 1 aliphatic rings. The van der Waals surface area contributed by atoms with Crippen LogP contribution in [0, 0.1) is 12.8 Å². The number of ether oxygens (including phenoxy) is 1. The molecule has 1 amide bonds. The SMILES string of the molecule is Cc1cc2c(SCC(=O)NC3COCC3Cc3ccncc3)ncnc2s1. The molecule has 1 N–H and O–H groups in total. The summed E-state index contributed by atoms with van der Waals surface area (Å²) in [4.78, 5) is 27.3. The fourth-order valence-electron chi connectivity index (χ4n) is 3.23. The fraction of sp³-hybridized carbons (Fsp3) is 0.368. The predicted molar refractivity (Wildman–Crippen MR) is 107 cm³/mol. The summed E-state index contributed by atoms with van der Waals surface area (Å²) in [7, 11) is 0. The summed E-state index contributed by atoms with van der Waals surface area (Å²) in [6.45, 7) is 3.28. The first-order chi connectivity index (χ1) is 13.2. The number of hydrogen-bond acceptors (Lipinski definition) is 7. The Bertz CT molecular complexity index is 932. The van der Waals surface area contributed by atoms with E-state index in [0.717, 1.165) is 21.7 Å². The molecule has 6 nitrogen and oxygen atoms in total. The van der Waals surface area contributed by atoms with Gasteiger partial charge in [0.15, 0.2) is 0 Å². The minimum Gasteiger partial charge on any atom is -0.379 e. The number of rotatable bonds is 6. The van der Waals surface area contributed by atoms with E-state index in [0.29, 0.717) is 19.0 Å². The van der Waals surface area contributed by atoms with Crippen molar-refractivity contribution in [2.45, 2.75) is 24.4 Å². The fourth-order valence-corrected chi connectivity index (χ4v) is 4.93. The predicted octanol–water partition coefficient (Wildman–Crippen LogP) is 2.86. The van der Waals surface area contributed by atoms with Gasteiger partial charge in [-0.2, -0.15) is 0 Å². The van der Waals surface area contributed by atoms with Crippen LogP contribution in [0.15, 0.2) is 41.9 Å². The highest BCUT2D eigenvalue weighted by Gasteiger charge is 2.29. The average Bonchev–Trinajstić information content (AvgIpc) is 3.26. The van der Waals surface area contributed by atoms with E-state index in [4.69, 9.17) is 4.74 Å². The third kappa shape index (κ3) is 4.45. The van der Waals surface area contributed by atoms with Crippen molar-refractivity contribution in [3.8, 4) is 0 Å². The molecule has 0 aliphatic carbocycles. The molecular weight excluding hydrogens is 380 g/mol. The number of thioether (sulfide) groups is 1. The van der Waals surface area contributed by atoms with Crippen molar-refractivity contribution in [1.29, 1.82) is 0 Å². The number of pyridine rings is 1. The number of nitrogens with zero attached hydrogens (tertiary/aromatic N) is 3. The van der Waals surface area contributed by atoms with Crippen LogP contribution in [-0.4, -0.2) is 45.9 Å². The van der Waals surface area contributed by atoms with Crippen LogP contribution in [0.4, 0.5) is 0 Å². The number of aryl methyl sites for hydroxylation is 1. The quantitative estimate of drug-likeness (QED) is 0.506. The highest BCUT2D eigenvalue weighted by Crippen LogP contribution is 2.30. The van der Waals surface area contributed by atoms with Crippen LogP contribution in [0.3, 0.4) is 0 Å². The van der Waals surface area contributed by atoms with Crippen molar-refractivity contribution in [3.05, 3.63) is 47.4 Å². The molecule has 4 rings (SSSR count). The van der Waals surface area contributed by atoms with Gasteiger partial charge in [0.2, 0.25) is 5.91 Å². The molecule has 0 radical (unpaired) electrons. The van der Waals surface area contributed by atoms with E-state index in [1.54, 1.807) is 30.1 Å². The zero-order valence-electron chi connectivity index (χ0n) is 14.9. The number of carbonyl (C=O) groups is 1. The molecule has 0 spiro atoms. The summed E-state index contributed by atoms with van der Waals surface area (Å²) >= 11 is 3.10. The van der Waals surface area contributed by atoms with Gasteiger partial charge < -0.3 is 10.1 Å². The van der Waals surface area contributed by atoms with E-state index in [1.165, 1.54) is 22.2 Å². The van der Waals surface area contributed by atoms with Gasteiger partial charge in [-0.3, -0.25) is 9.78 Å². The maximum absolute atomic E-state index is 12.5. The lowest BCUT2D eigenvalue weighted by atomic mass is 9.95. The highest BCUT2D eigenvalue weighted by atomic mass is 32.2. The van der Waals surface area contributed by atoms with Crippen molar-refractivity contribution in [2.75, 3.05) is 19.0 Å². The Morgan fingerprint density at radius 1 is 1.33 bits per heavy atom. The van der Waals surface area contributed by atoms with Gasteiger partial charge in [0, 0.05) is 28.6 Å². The van der Waals surface area contributed by atoms with E-state index in [9.17, 15) is 4.79 Å². The molecule has 3 aromatic rings. The summed E-state index contributed by atoms with van der Waals surface area (Å²) < 4.78 is 5.61. The van der Waals surface area contributed by atoms with Crippen LogP contribution >= 0.6 is 23.1 Å². The summed E-state index contributed by atoms with van der Waals surface area (Å²) in [6, 6.07) is 6.14. The normalized spacial score (nSPS) is 19.4. The lowest BCUT2D eigenvalue weighted by Crippen LogP contribution is -2.41. The molecule has 0 bridgehead atoms. The lowest BCUT2D eigenvalue weighted by molar-refractivity contribution is -0.119. The summed E-state index contributed by atoms with van der Waals surface area (Å²) in [5.41, 5.74) is 1.21. The monoisotopic (exact) mass is 400 g/mol. The summed E-state index contributed by atoms with van der Waals surface area (Å²) in [5.74, 6) is 0.625. The maximum Gasteiger partial charge on any atom is 0.230 e. The van der Waals surface area contributed by atoms with Gasteiger partial charge in [0.25, 0.3) is 0 Å². The van der Waals surface area contributed by atoms with Crippen molar-refractivity contribution >= 4 is 39.2 Å². The maximum atomic E-state index is 12.5. The van der Waals surface area contributed by atoms with Gasteiger partial charge in [-0.1, -0.05) is 11.8 Å². The minimum absolute atomic E-state index is 0.00828. The zero-order chi connectivity index (χ0) is 18.6. The Balaban J connectivity index is 1.34. The molecule has 3 aromatic heterocycles. The van der Waals surface area contributed by atoms with E-state index in [1.807, 2.05) is 12.1 Å². The molecule has 27 heavy (non-hydrogen) atoms. The Morgan fingerprint density at radius 2 is 2.19 bits per heavy atom. The van der Waals surface area contributed by atoms with Crippen LogP contribution in [0.25, 0.3) is 10.2 Å². The highest BCUT2D eigenvalue weighted by molar-refractivity contribution is 8.00. The van der Waals surface area contributed by atoms with Gasteiger partial charge in [0.05, 0.1) is 25.0 Å². The first-order valence-electron chi connectivity index (χ1n) is 8.79. The zero-order valence-corrected chi connectivity index (χ0v) is 16.6. The molecular formula is C19H20N4O2S2. The number of hydrogen-bond donors (Lipinski definition) is 1. The lowest BCUT2D eigenvalue weighted by Gasteiger charge is -2.19. The van der Waals surface area contributed by atoms with Gasteiger partial charge >= 0.3 is 0 Å². The second-order valence-corrected chi connectivity index (χ2v) is 8.77. The van der Waals surface area contributed by atoms with Crippen molar-refractivity contribution in [1.82, 2.24) is 20.3 Å². The van der Waals surface area contributed by atoms with Crippen LogP contribution in [-0.2, 0) is 16.0 Å². The van der Waals surface area contributed by atoms with Crippen molar-refractivity contribution in [3.63, 3.8) is 0 Å². The largest absolute Gasteiger partial charge is 0.379 e. The number of aromatic nitrogens is 3. The van der Waals surface area contributed by atoms with Crippen LogP contribution in [0.2, 0.25) is 0 Å². The second kappa shape index (κ2) is 8.33. The topological polar surface area (TPSA) is 77.0 Å². The van der Waals surface area contributed by atoms with Gasteiger partial charge in [0.1, 0.15) is 16.2 Å². The second-order valence-electron chi connectivity index (χ2n) is 6.57. The van der Waals surface area contributed by atoms with Crippen LogP contribution < -0.4 is 5.32 Å². The standard InChI is InChI=1S/C19H20N4O2S2/c1-12-6-15-18(21-11-22-19(15)27-12)26-10-17(24)23-16-9-25-8-14(16)7-13-2-4-20-5-3-13/h2-6,11,14,16H,7-10H2,1H3,(H,23,24). The third-order valence-corrected chi connectivity index (χ3v) is 6.51. The minimum atomic E-state index is 0.00828. The molecule has 1 saturated heterocycles. The molecule has 0 saturated carbocycles. The smallest absolute Gasteiger partial charge is 0.230 e. The molecule has 2 atom stereocenters. The van der Waals surface area contributed by atoms with Gasteiger partial charge in [-0.25, -0.2) is 9.97 Å². The number of nitrogens with one attached hydrogen (secondary N) is 1. The van der Waals surface area contributed by atoms with E-state index >= 15 is 0 Å². The van der Waals surface area contributed by atoms with Crippen molar-refractivity contribution in [2.24, 2.45) is 5.92 Å². The third-order valence-electron chi connectivity index (χ3n) is 4.55. The molecule has 8 heteroatoms. The van der Waals surface area contributed by atoms with E-state index in [2.05, 4.69) is 33.3 Å². The molecule has 2 unspecified atom stereocenters. The molecule has 1 fully saturated rings. The Hall–Kier alpha value is -2.03. The molecule has 1 aliphatic heterocycles. The molecule has 140 valence electrons. The number of amides is 1. The first-order valence-corrected chi connectivity index (χ1v) is 10.6. The Labute approximate surface area is 165 Å². The molecule has 0 aromatic carbocycles. The number of thiophene rings is 1.